The number of nitrogen functional groups attached to an aromatic ring is 1. The van der Waals surface area contributed by atoms with Gasteiger partial charge in [-0.1, -0.05) is 0 Å². The number of anilines is 1. The third-order valence-corrected chi connectivity index (χ3v) is 2.76. The van der Waals surface area contributed by atoms with Crippen molar-refractivity contribution in [1.82, 2.24) is 9.97 Å². The van der Waals surface area contributed by atoms with Gasteiger partial charge in [-0.25, -0.2) is 9.97 Å². The summed E-state index contributed by atoms with van der Waals surface area (Å²) in [6, 6.07) is 3.54. The van der Waals surface area contributed by atoms with E-state index < -0.39 is 24.3 Å². The first-order chi connectivity index (χ1) is 10.1. The largest absolute Gasteiger partial charge is 0.416 e. The molecule has 2 aromatic rings. The molecule has 3 nitrogen and oxygen atoms in total. The Morgan fingerprint density at radius 3 is 2.23 bits per heavy atom. The second kappa shape index (κ2) is 5.47. The van der Waals surface area contributed by atoms with Crippen LogP contribution >= 0.6 is 0 Å². The molecule has 0 aliphatic rings. The van der Waals surface area contributed by atoms with Crippen LogP contribution in [-0.4, -0.2) is 16.1 Å². The predicted molar refractivity (Wildman–Crippen MR) is 66.6 cm³/mol. The lowest BCUT2D eigenvalue weighted by molar-refractivity contribution is -0.137. The number of hydrogen-bond donors (Lipinski definition) is 1. The maximum Gasteiger partial charge on any atom is 0.416 e. The first kappa shape index (κ1) is 16.1. The highest BCUT2D eigenvalue weighted by molar-refractivity contribution is 5.74. The van der Waals surface area contributed by atoms with E-state index in [1.807, 2.05) is 0 Å². The average Bonchev–Trinajstić information content (AvgIpc) is 2.36. The van der Waals surface area contributed by atoms with Crippen molar-refractivity contribution < 1.29 is 26.3 Å². The van der Waals surface area contributed by atoms with E-state index in [-0.39, 0.29) is 22.6 Å². The number of hydrogen-bond acceptors (Lipinski definition) is 3. The Bertz CT molecular complexity index is 678. The first-order valence-corrected chi connectivity index (χ1v) is 5.91. The van der Waals surface area contributed by atoms with Gasteiger partial charge in [-0.05, 0) is 24.3 Å². The molecular formula is C13H9F6N3. The lowest BCUT2D eigenvalue weighted by atomic mass is 10.0. The molecule has 9 heteroatoms. The van der Waals surface area contributed by atoms with Crippen molar-refractivity contribution in [3.63, 3.8) is 0 Å². The number of halogens is 6. The standard InChI is InChI=1S/C13H9F6N3/c14-12(15,16)5-8-4-11(22-6-21-8)9-3-7(13(17,18)19)1-2-10(9)20/h1-4,6H,5,20H2. The summed E-state index contributed by atoms with van der Waals surface area (Å²) in [6.45, 7) is 0. The smallest absolute Gasteiger partial charge is 0.398 e. The number of aromatic nitrogens is 2. The fourth-order valence-electron chi connectivity index (χ4n) is 1.80. The average molecular weight is 321 g/mol. The number of rotatable bonds is 2. The molecule has 0 saturated carbocycles. The molecule has 1 aromatic heterocycles. The van der Waals surface area contributed by atoms with Crippen LogP contribution in [0.2, 0.25) is 0 Å². The van der Waals surface area contributed by atoms with Gasteiger partial charge in [0.2, 0.25) is 0 Å². The van der Waals surface area contributed by atoms with Crippen LogP contribution < -0.4 is 5.73 Å². The second-order valence-electron chi connectivity index (χ2n) is 4.49. The molecule has 0 saturated heterocycles. The summed E-state index contributed by atoms with van der Waals surface area (Å²) in [5.41, 5.74) is 4.06. The van der Waals surface area contributed by atoms with E-state index in [0.29, 0.717) is 0 Å². The van der Waals surface area contributed by atoms with Gasteiger partial charge in [0.05, 0.1) is 23.4 Å². The van der Waals surface area contributed by atoms with Crippen molar-refractivity contribution in [3.05, 3.63) is 41.9 Å². The predicted octanol–water partition coefficient (Wildman–Crippen LogP) is 3.85. The molecule has 1 aromatic carbocycles. The molecule has 0 fully saturated rings. The normalized spacial score (nSPS) is 12.5. The van der Waals surface area contributed by atoms with Gasteiger partial charge in [0, 0.05) is 11.3 Å². The zero-order valence-electron chi connectivity index (χ0n) is 10.8. The minimum absolute atomic E-state index is 0.0235. The molecular weight excluding hydrogens is 312 g/mol. The van der Waals surface area contributed by atoms with E-state index in [0.717, 1.165) is 30.6 Å². The van der Waals surface area contributed by atoms with Crippen molar-refractivity contribution in [2.24, 2.45) is 0 Å². The molecule has 1 heterocycles. The van der Waals surface area contributed by atoms with Gasteiger partial charge in [0.1, 0.15) is 6.33 Å². The van der Waals surface area contributed by atoms with Crippen LogP contribution in [0.4, 0.5) is 32.0 Å². The second-order valence-corrected chi connectivity index (χ2v) is 4.49. The fraction of sp³-hybridized carbons (Fsp3) is 0.231. The Labute approximate surface area is 120 Å². The molecule has 2 N–H and O–H groups in total. The fourth-order valence-corrected chi connectivity index (χ4v) is 1.80. The molecule has 0 radical (unpaired) electrons. The Morgan fingerprint density at radius 1 is 0.955 bits per heavy atom. The first-order valence-electron chi connectivity index (χ1n) is 5.91. The van der Waals surface area contributed by atoms with Gasteiger partial charge in [0.15, 0.2) is 0 Å². The van der Waals surface area contributed by atoms with Crippen LogP contribution in [0.25, 0.3) is 11.3 Å². The Morgan fingerprint density at radius 2 is 1.64 bits per heavy atom. The van der Waals surface area contributed by atoms with Crippen molar-refractivity contribution >= 4 is 5.69 Å². The number of benzene rings is 1. The zero-order chi connectivity index (χ0) is 16.5. The van der Waals surface area contributed by atoms with Gasteiger partial charge in [0.25, 0.3) is 0 Å². The van der Waals surface area contributed by atoms with E-state index in [4.69, 9.17) is 5.73 Å². The van der Waals surface area contributed by atoms with Gasteiger partial charge >= 0.3 is 12.4 Å². The van der Waals surface area contributed by atoms with E-state index in [2.05, 4.69) is 9.97 Å². The van der Waals surface area contributed by atoms with Crippen LogP contribution in [0, 0.1) is 0 Å². The van der Waals surface area contributed by atoms with E-state index in [9.17, 15) is 26.3 Å². The summed E-state index contributed by atoms with van der Waals surface area (Å²) in [6.07, 6.45) is -9.52. The number of nitrogens with zero attached hydrogens (tertiary/aromatic N) is 2. The molecule has 0 unspecified atom stereocenters. The maximum atomic E-state index is 12.7. The molecule has 118 valence electrons. The quantitative estimate of drug-likeness (QED) is 0.675. The molecule has 0 atom stereocenters. The van der Waals surface area contributed by atoms with Crippen LogP contribution in [-0.2, 0) is 12.6 Å². The topological polar surface area (TPSA) is 51.8 Å². The van der Waals surface area contributed by atoms with Gasteiger partial charge < -0.3 is 5.73 Å². The van der Waals surface area contributed by atoms with Crippen molar-refractivity contribution in [1.29, 1.82) is 0 Å². The summed E-state index contributed by atoms with van der Waals surface area (Å²) in [5.74, 6) is 0. The molecule has 0 spiro atoms. The van der Waals surface area contributed by atoms with Crippen molar-refractivity contribution in [3.8, 4) is 11.3 Å². The highest BCUT2D eigenvalue weighted by Gasteiger charge is 2.31. The zero-order valence-corrected chi connectivity index (χ0v) is 10.8. The van der Waals surface area contributed by atoms with E-state index >= 15 is 0 Å². The summed E-state index contributed by atoms with van der Waals surface area (Å²) >= 11 is 0. The molecule has 0 amide bonds. The Kier molecular flexibility index (Phi) is 3.99. The summed E-state index contributed by atoms with van der Waals surface area (Å²) in [5, 5.41) is 0. The minimum atomic E-state index is -4.59. The number of alkyl halides is 6. The molecule has 0 aliphatic heterocycles. The third-order valence-electron chi connectivity index (χ3n) is 2.76. The molecule has 0 bridgehead atoms. The monoisotopic (exact) mass is 321 g/mol. The molecule has 0 aliphatic carbocycles. The van der Waals surface area contributed by atoms with Crippen LogP contribution in [0.15, 0.2) is 30.6 Å². The third kappa shape index (κ3) is 3.86. The van der Waals surface area contributed by atoms with Crippen LogP contribution in [0.1, 0.15) is 11.3 Å². The van der Waals surface area contributed by atoms with Gasteiger partial charge in [-0.3, -0.25) is 0 Å². The Hall–Kier alpha value is -2.32. The van der Waals surface area contributed by atoms with E-state index in [1.165, 1.54) is 0 Å². The number of nitrogens with two attached hydrogens (primary N) is 1. The SMILES string of the molecule is Nc1ccc(C(F)(F)F)cc1-c1cc(CC(F)(F)F)ncn1. The van der Waals surface area contributed by atoms with Crippen molar-refractivity contribution in [2.45, 2.75) is 18.8 Å². The molecule has 2 rings (SSSR count). The van der Waals surface area contributed by atoms with Gasteiger partial charge in [-0.15, -0.1) is 0 Å². The summed E-state index contributed by atoms with van der Waals surface area (Å²) < 4.78 is 75.1. The van der Waals surface area contributed by atoms with Crippen molar-refractivity contribution in [2.75, 3.05) is 5.73 Å². The lowest BCUT2D eigenvalue weighted by Crippen LogP contribution is -2.13. The lowest BCUT2D eigenvalue weighted by Gasteiger charge is -2.12. The Balaban J connectivity index is 2.46. The minimum Gasteiger partial charge on any atom is -0.398 e. The van der Waals surface area contributed by atoms with Gasteiger partial charge in [-0.2, -0.15) is 26.3 Å². The summed E-state index contributed by atoms with van der Waals surface area (Å²) in [7, 11) is 0. The summed E-state index contributed by atoms with van der Waals surface area (Å²) in [4.78, 5) is 7.15. The van der Waals surface area contributed by atoms with Crippen LogP contribution in [0.3, 0.4) is 0 Å². The van der Waals surface area contributed by atoms with Crippen LogP contribution in [0.5, 0.6) is 0 Å². The maximum absolute atomic E-state index is 12.7. The molecule has 22 heavy (non-hydrogen) atoms. The van der Waals surface area contributed by atoms with E-state index in [1.54, 1.807) is 0 Å². The highest BCUT2D eigenvalue weighted by Crippen LogP contribution is 2.34. The highest BCUT2D eigenvalue weighted by atomic mass is 19.4.